The Kier molecular flexibility index (Phi) is 4.64. The number of hydrogen-bond acceptors (Lipinski definition) is 3. The van der Waals surface area contributed by atoms with Crippen LogP contribution in [0.5, 0.6) is 0 Å². The molecule has 0 radical (unpaired) electrons. The summed E-state index contributed by atoms with van der Waals surface area (Å²) in [5.41, 5.74) is 7.96. The van der Waals surface area contributed by atoms with Crippen LogP contribution in [-0.4, -0.2) is 16.5 Å². The van der Waals surface area contributed by atoms with Crippen molar-refractivity contribution in [3.05, 3.63) is 29.3 Å². The fourth-order valence-corrected chi connectivity index (χ4v) is 2.26. The zero-order chi connectivity index (χ0) is 11.4. The van der Waals surface area contributed by atoms with Gasteiger partial charge >= 0.3 is 0 Å². The number of thioether (sulfide) groups is 1. The molecule has 3 N–H and O–H groups in total. The Morgan fingerprint density at radius 2 is 2.07 bits per heavy atom. The molecule has 0 heterocycles. The van der Waals surface area contributed by atoms with Gasteiger partial charge < -0.3 is 10.8 Å². The summed E-state index contributed by atoms with van der Waals surface area (Å²) < 4.78 is 0. The van der Waals surface area contributed by atoms with Crippen molar-refractivity contribution in [3.63, 3.8) is 0 Å². The molecule has 2 atom stereocenters. The quantitative estimate of drug-likeness (QED) is 0.773. The largest absolute Gasteiger partial charge is 0.392 e. The smallest absolute Gasteiger partial charge is 0.0631 e. The summed E-state index contributed by atoms with van der Waals surface area (Å²) in [7, 11) is 0. The topological polar surface area (TPSA) is 46.2 Å². The van der Waals surface area contributed by atoms with Crippen LogP contribution in [-0.2, 0) is 6.54 Å². The molecule has 2 unspecified atom stereocenters. The number of aryl methyl sites for hydroxylation is 1. The van der Waals surface area contributed by atoms with E-state index in [1.54, 1.807) is 11.8 Å². The summed E-state index contributed by atoms with van der Waals surface area (Å²) in [5, 5.41) is 9.65. The first-order valence-corrected chi connectivity index (χ1v) is 6.07. The van der Waals surface area contributed by atoms with Gasteiger partial charge in [-0.05, 0) is 31.0 Å². The van der Waals surface area contributed by atoms with Crippen molar-refractivity contribution in [2.24, 2.45) is 5.73 Å². The van der Waals surface area contributed by atoms with Gasteiger partial charge in [-0.25, -0.2) is 0 Å². The highest BCUT2D eigenvalue weighted by Crippen LogP contribution is 2.28. The molecule has 0 spiro atoms. The van der Waals surface area contributed by atoms with Gasteiger partial charge in [-0.2, -0.15) is 0 Å². The highest BCUT2D eigenvalue weighted by atomic mass is 32.2. The Balaban J connectivity index is 2.78. The number of rotatable bonds is 4. The summed E-state index contributed by atoms with van der Waals surface area (Å²) >= 11 is 1.71. The Hall–Kier alpha value is -0.510. The first-order chi connectivity index (χ1) is 7.04. The summed E-state index contributed by atoms with van der Waals surface area (Å²) in [6.07, 6.45) is -0.288. The van der Waals surface area contributed by atoms with Gasteiger partial charge in [-0.1, -0.05) is 19.1 Å². The van der Waals surface area contributed by atoms with Crippen LogP contribution >= 0.6 is 11.8 Å². The van der Waals surface area contributed by atoms with Gasteiger partial charge in [0.25, 0.3) is 0 Å². The second-order valence-corrected chi connectivity index (χ2v) is 5.29. The van der Waals surface area contributed by atoms with Crippen molar-refractivity contribution >= 4 is 11.8 Å². The molecule has 0 aliphatic rings. The molecule has 0 fully saturated rings. The van der Waals surface area contributed by atoms with Crippen molar-refractivity contribution in [3.8, 4) is 0 Å². The minimum absolute atomic E-state index is 0.215. The van der Waals surface area contributed by atoms with E-state index in [-0.39, 0.29) is 11.4 Å². The standard InChI is InChI=1S/C12H19NOS/c1-8-6-11(7-13)4-5-12(8)15-10(3)9(2)14/h4-6,9-10,14H,7,13H2,1-3H3. The lowest BCUT2D eigenvalue weighted by molar-refractivity contribution is 0.196. The third-order valence-electron chi connectivity index (χ3n) is 2.47. The molecule has 1 aromatic rings. The van der Waals surface area contributed by atoms with E-state index in [1.807, 2.05) is 19.9 Å². The Morgan fingerprint density at radius 3 is 2.53 bits per heavy atom. The van der Waals surface area contributed by atoms with Gasteiger partial charge in [0.1, 0.15) is 0 Å². The third kappa shape index (κ3) is 3.52. The zero-order valence-corrected chi connectivity index (χ0v) is 10.3. The molecule has 15 heavy (non-hydrogen) atoms. The maximum atomic E-state index is 9.43. The first-order valence-electron chi connectivity index (χ1n) is 5.19. The molecule has 0 saturated heterocycles. The molecule has 0 aliphatic heterocycles. The Morgan fingerprint density at radius 1 is 1.40 bits per heavy atom. The van der Waals surface area contributed by atoms with Gasteiger partial charge in [0.15, 0.2) is 0 Å². The van der Waals surface area contributed by atoms with Crippen molar-refractivity contribution in [1.82, 2.24) is 0 Å². The van der Waals surface area contributed by atoms with Gasteiger partial charge in [0.05, 0.1) is 6.10 Å². The molecule has 0 aromatic heterocycles. The molecular formula is C12H19NOS. The van der Waals surface area contributed by atoms with Crippen molar-refractivity contribution < 1.29 is 5.11 Å². The highest BCUT2D eigenvalue weighted by Gasteiger charge is 2.11. The van der Waals surface area contributed by atoms with E-state index in [9.17, 15) is 5.11 Å². The fraction of sp³-hybridized carbons (Fsp3) is 0.500. The molecule has 1 aromatic carbocycles. The second-order valence-electron chi connectivity index (χ2n) is 3.87. The first kappa shape index (κ1) is 12.6. The summed E-state index contributed by atoms with van der Waals surface area (Å²) in [4.78, 5) is 1.22. The average molecular weight is 225 g/mol. The predicted molar refractivity (Wildman–Crippen MR) is 66.1 cm³/mol. The minimum atomic E-state index is -0.288. The lowest BCUT2D eigenvalue weighted by Crippen LogP contribution is -2.15. The maximum absolute atomic E-state index is 9.43. The van der Waals surface area contributed by atoms with Crippen LogP contribution in [0.4, 0.5) is 0 Å². The average Bonchev–Trinajstić information content (AvgIpc) is 2.20. The van der Waals surface area contributed by atoms with Crippen molar-refractivity contribution in [2.75, 3.05) is 0 Å². The van der Waals surface area contributed by atoms with Gasteiger partial charge in [0, 0.05) is 16.7 Å². The number of nitrogens with two attached hydrogens (primary N) is 1. The van der Waals surface area contributed by atoms with E-state index in [2.05, 4.69) is 19.1 Å². The molecule has 0 amide bonds. The molecule has 1 rings (SSSR count). The van der Waals surface area contributed by atoms with Crippen LogP contribution in [0.3, 0.4) is 0 Å². The van der Waals surface area contributed by atoms with E-state index < -0.39 is 0 Å². The fourth-order valence-electron chi connectivity index (χ4n) is 1.27. The zero-order valence-electron chi connectivity index (χ0n) is 9.53. The number of benzene rings is 1. The molecule has 2 nitrogen and oxygen atoms in total. The van der Waals surface area contributed by atoms with Gasteiger partial charge in [-0.15, -0.1) is 11.8 Å². The van der Waals surface area contributed by atoms with E-state index in [0.717, 1.165) is 5.56 Å². The number of aliphatic hydroxyl groups excluding tert-OH is 1. The van der Waals surface area contributed by atoms with Crippen molar-refractivity contribution in [2.45, 2.75) is 43.6 Å². The number of hydrogen-bond donors (Lipinski definition) is 2. The van der Waals surface area contributed by atoms with Crippen LogP contribution in [0.1, 0.15) is 25.0 Å². The Labute approximate surface area is 95.9 Å². The van der Waals surface area contributed by atoms with E-state index in [0.29, 0.717) is 6.54 Å². The molecule has 0 bridgehead atoms. The van der Waals surface area contributed by atoms with Crippen LogP contribution in [0.25, 0.3) is 0 Å². The normalized spacial score (nSPS) is 15.0. The lowest BCUT2D eigenvalue weighted by Gasteiger charge is -2.15. The number of aliphatic hydroxyl groups is 1. The summed E-state index contributed by atoms with van der Waals surface area (Å²) in [5.74, 6) is 0. The van der Waals surface area contributed by atoms with Crippen LogP contribution in [0.2, 0.25) is 0 Å². The SMILES string of the molecule is Cc1cc(CN)ccc1SC(C)C(C)O. The Bertz CT molecular complexity index is 325. The van der Waals surface area contributed by atoms with E-state index in [1.165, 1.54) is 10.5 Å². The predicted octanol–water partition coefficient (Wildman–Crippen LogP) is 2.32. The summed E-state index contributed by atoms with van der Waals surface area (Å²) in [6, 6.07) is 6.24. The summed E-state index contributed by atoms with van der Waals surface area (Å²) in [6.45, 7) is 6.51. The minimum Gasteiger partial charge on any atom is -0.392 e. The highest BCUT2D eigenvalue weighted by molar-refractivity contribution is 8.00. The molecule has 0 aliphatic carbocycles. The van der Waals surface area contributed by atoms with Gasteiger partial charge in [0.2, 0.25) is 0 Å². The van der Waals surface area contributed by atoms with Gasteiger partial charge in [-0.3, -0.25) is 0 Å². The maximum Gasteiger partial charge on any atom is 0.0631 e. The van der Waals surface area contributed by atoms with Crippen molar-refractivity contribution in [1.29, 1.82) is 0 Å². The second kappa shape index (κ2) is 5.54. The third-order valence-corrected chi connectivity index (χ3v) is 3.94. The molecule has 3 heteroatoms. The van der Waals surface area contributed by atoms with E-state index >= 15 is 0 Å². The molecule has 0 saturated carbocycles. The van der Waals surface area contributed by atoms with E-state index in [4.69, 9.17) is 5.73 Å². The lowest BCUT2D eigenvalue weighted by atomic mass is 10.1. The van der Waals surface area contributed by atoms with Crippen LogP contribution < -0.4 is 5.73 Å². The van der Waals surface area contributed by atoms with Crippen LogP contribution in [0, 0.1) is 6.92 Å². The molecular weight excluding hydrogens is 206 g/mol. The van der Waals surface area contributed by atoms with Crippen LogP contribution in [0.15, 0.2) is 23.1 Å². The molecule has 84 valence electrons. The monoisotopic (exact) mass is 225 g/mol.